The Morgan fingerprint density at radius 2 is 1.79 bits per heavy atom. The van der Waals surface area contributed by atoms with Crippen molar-refractivity contribution in [2.45, 2.75) is 6.67 Å². The van der Waals surface area contributed by atoms with Crippen molar-refractivity contribution in [3.63, 3.8) is 0 Å². The minimum Gasteiger partial charge on any atom is -0.304 e. The van der Waals surface area contributed by atoms with Crippen molar-refractivity contribution in [2.75, 3.05) is 33.2 Å². The van der Waals surface area contributed by atoms with Crippen molar-refractivity contribution in [1.29, 1.82) is 0 Å². The first-order chi connectivity index (χ1) is 9.33. The first-order valence-electron chi connectivity index (χ1n) is 6.55. The molecule has 0 aliphatic carbocycles. The number of aromatic nitrogens is 4. The lowest BCUT2D eigenvalue weighted by molar-refractivity contribution is 0.119. The normalized spacial score (nSPS) is 17.7. The van der Waals surface area contributed by atoms with Crippen molar-refractivity contribution in [2.24, 2.45) is 0 Å². The third-order valence-corrected chi connectivity index (χ3v) is 3.49. The van der Waals surface area contributed by atoms with E-state index in [1.807, 2.05) is 35.0 Å². The summed E-state index contributed by atoms with van der Waals surface area (Å²) in [4.78, 5) is 4.72. The zero-order chi connectivity index (χ0) is 13.1. The van der Waals surface area contributed by atoms with Crippen LogP contribution in [-0.2, 0) is 6.67 Å². The van der Waals surface area contributed by atoms with Crippen LogP contribution in [0.3, 0.4) is 0 Å². The summed E-state index contributed by atoms with van der Waals surface area (Å²) in [6, 6.07) is 10.1. The topological polar surface area (TPSA) is 50.1 Å². The van der Waals surface area contributed by atoms with Crippen LogP contribution in [0, 0.1) is 0 Å². The molecule has 1 aromatic heterocycles. The Hall–Kier alpha value is -1.79. The Morgan fingerprint density at radius 1 is 1.05 bits per heavy atom. The molecule has 6 nitrogen and oxygen atoms in total. The van der Waals surface area contributed by atoms with Crippen molar-refractivity contribution in [3.05, 3.63) is 30.3 Å². The maximum Gasteiger partial charge on any atom is 0.183 e. The molecule has 19 heavy (non-hydrogen) atoms. The molecule has 0 radical (unpaired) electrons. The van der Waals surface area contributed by atoms with Crippen LogP contribution in [0.1, 0.15) is 0 Å². The van der Waals surface area contributed by atoms with E-state index in [0.29, 0.717) is 0 Å². The van der Waals surface area contributed by atoms with E-state index in [4.69, 9.17) is 0 Å². The molecule has 3 rings (SSSR count). The second-order valence-electron chi connectivity index (χ2n) is 4.93. The van der Waals surface area contributed by atoms with Gasteiger partial charge in [-0.1, -0.05) is 30.3 Å². The van der Waals surface area contributed by atoms with E-state index in [9.17, 15) is 0 Å². The van der Waals surface area contributed by atoms with Gasteiger partial charge < -0.3 is 4.90 Å². The molecular formula is C13H18N6. The SMILES string of the molecule is CN1CCN(Cn2nnnc2-c2ccccc2)CC1. The number of hydrogen-bond acceptors (Lipinski definition) is 5. The largest absolute Gasteiger partial charge is 0.304 e. The molecule has 0 saturated carbocycles. The molecule has 0 spiro atoms. The van der Waals surface area contributed by atoms with E-state index < -0.39 is 0 Å². The van der Waals surface area contributed by atoms with Gasteiger partial charge in [0.2, 0.25) is 0 Å². The van der Waals surface area contributed by atoms with Gasteiger partial charge in [0.15, 0.2) is 5.82 Å². The molecule has 2 heterocycles. The fourth-order valence-corrected chi connectivity index (χ4v) is 2.27. The molecule has 1 fully saturated rings. The van der Waals surface area contributed by atoms with Crippen LogP contribution in [0.2, 0.25) is 0 Å². The highest BCUT2D eigenvalue weighted by Gasteiger charge is 2.16. The highest BCUT2D eigenvalue weighted by Crippen LogP contribution is 2.15. The zero-order valence-corrected chi connectivity index (χ0v) is 11.1. The van der Waals surface area contributed by atoms with Gasteiger partial charge in [0.1, 0.15) is 0 Å². The molecule has 1 aliphatic heterocycles. The van der Waals surface area contributed by atoms with Crippen LogP contribution in [0.4, 0.5) is 0 Å². The number of piperazine rings is 1. The smallest absolute Gasteiger partial charge is 0.183 e. The van der Waals surface area contributed by atoms with Crippen LogP contribution >= 0.6 is 0 Å². The number of hydrogen-bond donors (Lipinski definition) is 0. The summed E-state index contributed by atoms with van der Waals surface area (Å²) in [5.41, 5.74) is 1.06. The average molecular weight is 258 g/mol. The van der Waals surface area contributed by atoms with Gasteiger partial charge in [0, 0.05) is 31.7 Å². The molecular weight excluding hydrogens is 240 g/mol. The third kappa shape index (κ3) is 2.80. The van der Waals surface area contributed by atoms with Gasteiger partial charge in [-0.2, -0.15) is 0 Å². The van der Waals surface area contributed by atoms with Crippen molar-refractivity contribution >= 4 is 0 Å². The molecule has 0 unspecified atom stereocenters. The summed E-state index contributed by atoms with van der Waals surface area (Å²) in [7, 11) is 2.16. The van der Waals surface area contributed by atoms with Crippen LogP contribution < -0.4 is 0 Å². The number of benzene rings is 1. The molecule has 0 atom stereocenters. The summed E-state index contributed by atoms with van der Waals surface area (Å²) in [5, 5.41) is 12.0. The Morgan fingerprint density at radius 3 is 2.53 bits per heavy atom. The number of tetrazole rings is 1. The fraction of sp³-hybridized carbons (Fsp3) is 0.462. The van der Waals surface area contributed by atoms with Crippen LogP contribution in [-0.4, -0.2) is 63.2 Å². The van der Waals surface area contributed by atoms with Crippen molar-refractivity contribution < 1.29 is 0 Å². The van der Waals surface area contributed by atoms with Gasteiger partial charge in [-0.15, -0.1) is 5.10 Å². The summed E-state index contributed by atoms with van der Waals surface area (Å²) in [6.45, 7) is 5.08. The molecule has 0 N–H and O–H groups in total. The minimum atomic E-state index is 0.755. The first-order valence-corrected chi connectivity index (χ1v) is 6.55. The van der Waals surface area contributed by atoms with E-state index >= 15 is 0 Å². The van der Waals surface area contributed by atoms with Crippen LogP contribution in [0.15, 0.2) is 30.3 Å². The molecule has 6 heteroatoms. The maximum atomic E-state index is 4.13. The van der Waals surface area contributed by atoms with Gasteiger partial charge in [-0.25, -0.2) is 4.68 Å². The van der Waals surface area contributed by atoms with E-state index in [0.717, 1.165) is 44.2 Å². The zero-order valence-electron chi connectivity index (χ0n) is 11.1. The van der Waals surface area contributed by atoms with Gasteiger partial charge in [-0.3, -0.25) is 4.90 Å². The fourth-order valence-electron chi connectivity index (χ4n) is 2.27. The lowest BCUT2D eigenvalue weighted by atomic mass is 10.2. The summed E-state index contributed by atoms with van der Waals surface area (Å²) in [5.74, 6) is 0.833. The second kappa shape index (κ2) is 5.46. The predicted octanol–water partition coefficient (Wildman–Crippen LogP) is 0.545. The van der Waals surface area contributed by atoms with E-state index in [-0.39, 0.29) is 0 Å². The Labute approximate surface area is 112 Å². The van der Waals surface area contributed by atoms with Crippen molar-refractivity contribution in [1.82, 2.24) is 30.0 Å². The van der Waals surface area contributed by atoms with Gasteiger partial charge in [0.05, 0.1) is 6.67 Å². The minimum absolute atomic E-state index is 0.755. The van der Waals surface area contributed by atoms with Crippen molar-refractivity contribution in [3.8, 4) is 11.4 Å². The van der Waals surface area contributed by atoms with Crippen LogP contribution in [0.5, 0.6) is 0 Å². The van der Waals surface area contributed by atoms with E-state index in [1.165, 1.54) is 0 Å². The number of likely N-dealkylation sites (N-methyl/N-ethyl adjacent to an activating group) is 1. The molecule has 0 bridgehead atoms. The molecule has 1 saturated heterocycles. The Kier molecular flexibility index (Phi) is 3.52. The standard InChI is InChI=1S/C13H18N6/c1-17-7-9-18(10-8-17)11-19-13(14-15-16-19)12-5-3-2-4-6-12/h2-6H,7-11H2,1H3. The van der Waals surface area contributed by atoms with E-state index in [2.05, 4.69) is 32.4 Å². The summed E-state index contributed by atoms with van der Waals surface area (Å²) in [6.07, 6.45) is 0. The summed E-state index contributed by atoms with van der Waals surface area (Å²) < 4.78 is 1.88. The lowest BCUT2D eigenvalue weighted by Gasteiger charge is -2.32. The number of nitrogens with zero attached hydrogens (tertiary/aromatic N) is 6. The molecule has 0 amide bonds. The molecule has 1 aliphatic rings. The third-order valence-electron chi connectivity index (χ3n) is 3.49. The van der Waals surface area contributed by atoms with Crippen LogP contribution in [0.25, 0.3) is 11.4 Å². The first kappa shape index (κ1) is 12.3. The molecule has 2 aromatic rings. The van der Waals surface area contributed by atoms with Gasteiger partial charge in [-0.05, 0) is 17.5 Å². The predicted molar refractivity (Wildman–Crippen MR) is 72.3 cm³/mol. The molecule has 100 valence electrons. The molecule has 1 aromatic carbocycles. The Balaban J connectivity index is 1.74. The van der Waals surface area contributed by atoms with Gasteiger partial charge in [0.25, 0.3) is 0 Å². The quantitative estimate of drug-likeness (QED) is 0.804. The second-order valence-corrected chi connectivity index (χ2v) is 4.93. The monoisotopic (exact) mass is 258 g/mol. The number of rotatable bonds is 3. The van der Waals surface area contributed by atoms with Gasteiger partial charge >= 0.3 is 0 Å². The Bertz CT molecular complexity index is 515. The highest BCUT2D eigenvalue weighted by atomic mass is 15.6. The van der Waals surface area contributed by atoms with E-state index in [1.54, 1.807) is 0 Å². The average Bonchev–Trinajstić information content (AvgIpc) is 2.90. The lowest BCUT2D eigenvalue weighted by Crippen LogP contribution is -2.45. The highest BCUT2D eigenvalue weighted by molar-refractivity contribution is 5.53. The maximum absolute atomic E-state index is 4.13. The summed E-state index contributed by atoms with van der Waals surface area (Å²) >= 11 is 0.